The highest BCUT2D eigenvalue weighted by Gasteiger charge is 2.39. The monoisotopic (exact) mass is 520 g/mol. The molecule has 34 heavy (non-hydrogen) atoms. The Kier molecular flexibility index (Phi) is 6.61. The van der Waals surface area contributed by atoms with E-state index in [1.807, 2.05) is 43.3 Å². The van der Waals surface area contributed by atoms with Crippen molar-refractivity contribution in [3.05, 3.63) is 99.0 Å². The zero-order chi connectivity index (χ0) is 24.4. The van der Waals surface area contributed by atoms with Crippen LogP contribution in [0.3, 0.4) is 0 Å². The minimum absolute atomic E-state index is 0.0849. The maximum Gasteiger partial charge on any atom is 0.338 e. The fourth-order valence-electron chi connectivity index (χ4n) is 3.79. The molecule has 0 fully saturated rings. The van der Waals surface area contributed by atoms with Crippen LogP contribution in [0, 0.1) is 6.92 Å². The minimum atomic E-state index is -0.764. The van der Waals surface area contributed by atoms with Gasteiger partial charge in [0, 0.05) is 10.2 Å². The summed E-state index contributed by atoms with van der Waals surface area (Å²) in [6.45, 7) is 3.13. The van der Waals surface area contributed by atoms with E-state index < -0.39 is 36.3 Å². The largest absolute Gasteiger partial charge is 0.452 e. The third kappa shape index (κ3) is 4.63. The van der Waals surface area contributed by atoms with E-state index in [2.05, 4.69) is 21.2 Å². The number of amides is 3. The van der Waals surface area contributed by atoms with Crippen molar-refractivity contribution in [2.75, 3.05) is 11.9 Å². The van der Waals surface area contributed by atoms with Crippen molar-refractivity contribution in [2.45, 2.75) is 19.9 Å². The summed E-state index contributed by atoms with van der Waals surface area (Å²) in [6.07, 6.45) is 0. The molecule has 0 bridgehead atoms. The average molecular weight is 521 g/mol. The first-order valence-electron chi connectivity index (χ1n) is 10.6. The summed E-state index contributed by atoms with van der Waals surface area (Å²) in [5, 5.41) is 2.69. The molecule has 0 spiro atoms. The molecular weight excluding hydrogens is 500 g/mol. The fourth-order valence-corrected chi connectivity index (χ4v) is 4.26. The SMILES string of the molecule is Cc1cc(Br)ccc1NC(=O)COC(=O)c1ccc2c(c1)C(=O)N([C@H](C)c1ccccc1)C2=O. The molecule has 1 heterocycles. The van der Waals surface area contributed by atoms with Crippen molar-refractivity contribution in [2.24, 2.45) is 0 Å². The molecule has 0 saturated carbocycles. The van der Waals surface area contributed by atoms with Crippen LogP contribution in [0.15, 0.2) is 71.2 Å². The van der Waals surface area contributed by atoms with Gasteiger partial charge in [0.05, 0.1) is 22.7 Å². The summed E-state index contributed by atoms with van der Waals surface area (Å²) in [7, 11) is 0. The average Bonchev–Trinajstić information content (AvgIpc) is 3.08. The molecule has 1 atom stereocenters. The summed E-state index contributed by atoms with van der Waals surface area (Å²) in [4.78, 5) is 51.8. The van der Waals surface area contributed by atoms with Crippen LogP contribution in [0.25, 0.3) is 0 Å². The van der Waals surface area contributed by atoms with Gasteiger partial charge in [-0.3, -0.25) is 19.3 Å². The highest BCUT2D eigenvalue weighted by molar-refractivity contribution is 9.10. The number of esters is 1. The van der Waals surface area contributed by atoms with Crippen LogP contribution in [-0.2, 0) is 9.53 Å². The Morgan fingerprint density at radius 1 is 0.971 bits per heavy atom. The third-order valence-electron chi connectivity index (χ3n) is 5.62. The number of rotatable bonds is 6. The highest BCUT2D eigenvalue weighted by atomic mass is 79.9. The Morgan fingerprint density at radius 3 is 2.38 bits per heavy atom. The number of hydrogen-bond acceptors (Lipinski definition) is 5. The quantitative estimate of drug-likeness (QED) is 0.368. The van der Waals surface area contributed by atoms with Crippen molar-refractivity contribution < 1.29 is 23.9 Å². The highest BCUT2D eigenvalue weighted by Crippen LogP contribution is 2.31. The van der Waals surface area contributed by atoms with Gasteiger partial charge in [0.2, 0.25) is 0 Å². The number of carbonyl (C=O) groups is 4. The Balaban J connectivity index is 1.44. The molecule has 3 aromatic carbocycles. The van der Waals surface area contributed by atoms with E-state index in [9.17, 15) is 19.2 Å². The molecule has 3 aromatic rings. The standard InChI is InChI=1S/C26H21BrN2O5/c1-15-12-19(27)9-11-22(15)28-23(30)14-34-26(33)18-8-10-20-21(13-18)25(32)29(24(20)31)16(2)17-6-4-3-5-7-17/h3-13,16H,14H2,1-2H3,(H,28,30)/t16-/m1/s1. The number of nitrogens with one attached hydrogen (secondary N) is 1. The molecule has 8 heteroatoms. The Labute approximate surface area is 204 Å². The van der Waals surface area contributed by atoms with E-state index in [1.165, 1.54) is 23.1 Å². The van der Waals surface area contributed by atoms with Crippen LogP contribution in [0.4, 0.5) is 5.69 Å². The number of halogens is 1. The van der Waals surface area contributed by atoms with Crippen molar-refractivity contribution in [1.82, 2.24) is 4.90 Å². The molecule has 0 aliphatic carbocycles. The second-order valence-corrected chi connectivity index (χ2v) is 8.83. The van der Waals surface area contributed by atoms with E-state index in [4.69, 9.17) is 4.74 Å². The van der Waals surface area contributed by atoms with Crippen LogP contribution in [-0.4, -0.2) is 35.2 Å². The van der Waals surface area contributed by atoms with Crippen LogP contribution in [0.1, 0.15) is 55.2 Å². The maximum absolute atomic E-state index is 13.0. The summed E-state index contributed by atoms with van der Waals surface area (Å²) in [5.74, 6) is -2.15. The molecular formula is C26H21BrN2O5. The van der Waals surface area contributed by atoms with E-state index >= 15 is 0 Å². The Hall–Kier alpha value is -3.78. The predicted molar refractivity (Wildman–Crippen MR) is 130 cm³/mol. The van der Waals surface area contributed by atoms with Gasteiger partial charge in [0.1, 0.15) is 0 Å². The molecule has 0 radical (unpaired) electrons. The topological polar surface area (TPSA) is 92.8 Å². The second-order valence-electron chi connectivity index (χ2n) is 7.91. The molecule has 3 amide bonds. The van der Waals surface area contributed by atoms with E-state index in [-0.39, 0.29) is 16.7 Å². The first kappa shape index (κ1) is 23.4. The first-order chi connectivity index (χ1) is 16.3. The Bertz CT molecular complexity index is 1310. The number of ether oxygens (including phenoxy) is 1. The molecule has 7 nitrogen and oxygen atoms in total. The van der Waals surface area contributed by atoms with Crippen molar-refractivity contribution in [3.8, 4) is 0 Å². The van der Waals surface area contributed by atoms with Gasteiger partial charge in [-0.1, -0.05) is 46.3 Å². The molecule has 1 aliphatic heterocycles. The van der Waals surface area contributed by atoms with Gasteiger partial charge in [0.25, 0.3) is 17.7 Å². The summed E-state index contributed by atoms with van der Waals surface area (Å²) < 4.78 is 6.01. The van der Waals surface area contributed by atoms with Crippen LogP contribution in [0.2, 0.25) is 0 Å². The molecule has 0 saturated heterocycles. The van der Waals surface area contributed by atoms with Gasteiger partial charge < -0.3 is 10.1 Å². The summed E-state index contributed by atoms with van der Waals surface area (Å²) in [6, 6.07) is 18.3. The van der Waals surface area contributed by atoms with Crippen molar-refractivity contribution in [3.63, 3.8) is 0 Å². The number of anilines is 1. The first-order valence-corrected chi connectivity index (χ1v) is 11.4. The number of benzene rings is 3. The van der Waals surface area contributed by atoms with Gasteiger partial charge in [0.15, 0.2) is 6.61 Å². The third-order valence-corrected chi connectivity index (χ3v) is 6.11. The fraction of sp³-hybridized carbons (Fsp3) is 0.154. The number of imide groups is 1. The van der Waals surface area contributed by atoms with E-state index in [0.29, 0.717) is 5.69 Å². The van der Waals surface area contributed by atoms with E-state index in [1.54, 1.807) is 19.1 Å². The predicted octanol–water partition coefficient (Wildman–Crippen LogP) is 4.91. The molecule has 0 aromatic heterocycles. The summed E-state index contributed by atoms with van der Waals surface area (Å²) in [5.41, 5.74) is 2.74. The normalized spacial score (nSPS) is 13.4. The molecule has 0 unspecified atom stereocenters. The summed E-state index contributed by atoms with van der Waals surface area (Å²) >= 11 is 3.36. The number of fused-ring (bicyclic) bond motifs is 1. The van der Waals surface area contributed by atoms with Crippen molar-refractivity contribution >= 4 is 45.3 Å². The smallest absolute Gasteiger partial charge is 0.338 e. The van der Waals surface area contributed by atoms with Gasteiger partial charge in [-0.2, -0.15) is 0 Å². The zero-order valence-electron chi connectivity index (χ0n) is 18.5. The molecule has 1 N–H and O–H groups in total. The Morgan fingerprint density at radius 2 is 1.68 bits per heavy atom. The van der Waals surface area contributed by atoms with Gasteiger partial charge in [-0.25, -0.2) is 4.79 Å². The molecule has 172 valence electrons. The molecule has 4 rings (SSSR count). The van der Waals surface area contributed by atoms with Gasteiger partial charge in [-0.15, -0.1) is 0 Å². The van der Waals surface area contributed by atoms with Crippen LogP contribution < -0.4 is 5.32 Å². The lowest BCUT2D eigenvalue weighted by atomic mass is 10.1. The maximum atomic E-state index is 13.0. The van der Waals surface area contributed by atoms with Crippen LogP contribution in [0.5, 0.6) is 0 Å². The van der Waals surface area contributed by atoms with Crippen LogP contribution >= 0.6 is 15.9 Å². The minimum Gasteiger partial charge on any atom is -0.452 e. The second kappa shape index (κ2) is 9.61. The van der Waals surface area contributed by atoms with Gasteiger partial charge in [-0.05, 0) is 61.4 Å². The lowest BCUT2D eigenvalue weighted by Crippen LogP contribution is -2.32. The zero-order valence-corrected chi connectivity index (χ0v) is 20.1. The van der Waals surface area contributed by atoms with Crippen molar-refractivity contribution in [1.29, 1.82) is 0 Å². The number of nitrogens with zero attached hydrogens (tertiary/aromatic N) is 1. The lowest BCUT2D eigenvalue weighted by molar-refractivity contribution is -0.119. The molecule has 1 aliphatic rings. The number of hydrogen-bond donors (Lipinski definition) is 1. The van der Waals surface area contributed by atoms with Gasteiger partial charge >= 0.3 is 5.97 Å². The number of aryl methyl sites for hydroxylation is 1. The number of carbonyl (C=O) groups excluding carboxylic acids is 4. The lowest BCUT2D eigenvalue weighted by Gasteiger charge is -2.22. The van der Waals surface area contributed by atoms with E-state index in [0.717, 1.165) is 15.6 Å².